The van der Waals surface area contributed by atoms with E-state index in [4.69, 9.17) is 18.9 Å². The first-order valence-corrected chi connectivity index (χ1v) is 18.2. The molecule has 3 heterocycles. The van der Waals surface area contributed by atoms with Crippen LogP contribution in [0.2, 0.25) is 0 Å². The third kappa shape index (κ3) is 5.75. The highest BCUT2D eigenvalue weighted by Gasteiger charge is 2.63. The second-order valence-electron chi connectivity index (χ2n) is 13.9. The van der Waals surface area contributed by atoms with Crippen molar-refractivity contribution in [2.24, 2.45) is 0 Å². The molecule has 0 spiro atoms. The number of fused-ring (bicyclic) bond motifs is 2. The second-order valence-corrected chi connectivity index (χ2v) is 17.4. The molecule has 2 amide bonds. The number of ether oxygens (including phenoxy) is 4. The molecule has 4 aromatic carbocycles. The zero-order valence-corrected chi connectivity index (χ0v) is 28.3. The van der Waals surface area contributed by atoms with Gasteiger partial charge in [0, 0.05) is 0 Å². The van der Waals surface area contributed by atoms with Gasteiger partial charge in [-0.3, -0.25) is 14.5 Å². The lowest BCUT2D eigenvalue weighted by atomic mass is 9.95. The first-order valence-electron chi connectivity index (χ1n) is 16.2. The van der Waals surface area contributed by atoms with Crippen molar-refractivity contribution in [2.45, 2.75) is 76.7 Å². The van der Waals surface area contributed by atoms with Crippen molar-refractivity contribution in [1.82, 2.24) is 4.90 Å². The van der Waals surface area contributed by atoms with Gasteiger partial charge < -0.3 is 18.9 Å². The molecule has 8 heteroatoms. The monoisotopic (exact) mass is 650 g/mol. The Morgan fingerprint density at radius 2 is 1.11 bits per heavy atom. The minimum Gasteiger partial charge on any atom is -0.345 e. The molecule has 0 unspecified atom stereocenters. The third-order valence-electron chi connectivity index (χ3n) is 9.09. The van der Waals surface area contributed by atoms with Gasteiger partial charge >= 0.3 is 0 Å². The number of hydrogen-bond acceptors (Lipinski definition) is 6. The standard InChI is InChI=1S/C39H41NO6P/c1-38(2,3)46-37-32(40-35(41)29-23-15-16-24-30(29)36(40)42)34-33(44-39(4,5)45-34)31(43-37)25-47(26-17-9-6-10-18-26,27-19-11-7-12-20-27)28-21-13-8-14-22-28/h6-24,31-34,37H,25H2,1-5H3/q+1/t31-,32-,33+,34-,37+/m1/s1. The Kier molecular flexibility index (Phi) is 8.18. The maximum atomic E-state index is 13.9. The van der Waals surface area contributed by atoms with Gasteiger partial charge in [0.2, 0.25) is 0 Å². The Morgan fingerprint density at radius 1 is 0.681 bits per heavy atom. The number of hydrogen-bond donors (Lipinski definition) is 0. The van der Waals surface area contributed by atoms with Crippen LogP contribution in [0.25, 0.3) is 0 Å². The molecule has 2 saturated heterocycles. The number of nitrogens with zero attached hydrogens (tertiary/aromatic N) is 1. The van der Waals surface area contributed by atoms with Crippen LogP contribution < -0.4 is 15.9 Å². The van der Waals surface area contributed by atoms with E-state index in [1.807, 2.05) is 52.8 Å². The summed E-state index contributed by atoms with van der Waals surface area (Å²) in [6, 6.07) is 37.9. The van der Waals surface area contributed by atoms with Gasteiger partial charge in [-0.1, -0.05) is 66.7 Å². The molecule has 7 rings (SSSR count). The Labute approximate surface area is 277 Å². The largest absolute Gasteiger partial charge is 0.345 e. The van der Waals surface area contributed by atoms with Crippen molar-refractivity contribution in [3.63, 3.8) is 0 Å². The van der Waals surface area contributed by atoms with E-state index in [0.29, 0.717) is 17.3 Å². The highest BCUT2D eigenvalue weighted by Crippen LogP contribution is 2.58. The molecule has 4 aromatic rings. The fraction of sp³-hybridized carbons (Fsp3) is 0.333. The molecule has 0 aliphatic carbocycles. The first kappa shape index (κ1) is 31.9. The summed E-state index contributed by atoms with van der Waals surface area (Å²) >= 11 is 0. The SMILES string of the molecule is CC(C)(C)O[C@@H]1O[C@H](C[P+](c2ccccc2)(c2ccccc2)c2ccccc2)[C@@H]2OC(C)(C)O[C@@H]2[C@H]1N1C(=O)c2ccccc2C1=O. The Hall–Kier alpha value is -3.71. The minimum atomic E-state index is -2.37. The molecule has 0 radical (unpaired) electrons. The molecular weight excluding hydrogens is 609 g/mol. The zero-order valence-electron chi connectivity index (χ0n) is 27.4. The molecule has 0 aromatic heterocycles. The van der Waals surface area contributed by atoms with Gasteiger partial charge in [0.05, 0.1) is 16.7 Å². The fourth-order valence-corrected chi connectivity index (χ4v) is 11.7. The van der Waals surface area contributed by atoms with Crippen LogP contribution in [0.15, 0.2) is 115 Å². The smallest absolute Gasteiger partial charge is 0.262 e. The summed E-state index contributed by atoms with van der Waals surface area (Å²) < 4.78 is 27.1. The van der Waals surface area contributed by atoms with E-state index in [9.17, 15) is 9.59 Å². The number of carbonyl (C=O) groups excluding carboxylic acids is 2. The van der Waals surface area contributed by atoms with Gasteiger partial charge in [0.25, 0.3) is 11.8 Å². The third-order valence-corrected chi connectivity index (χ3v) is 13.5. The van der Waals surface area contributed by atoms with E-state index in [-0.39, 0.29) is 11.8 Å². The van der Waals surface area contributed by atoms with Gasteiger partial charge in [-0.05, 0) is 83.1 Å². The summed E-state index contributed by atoms with van der Waals surface area (Å²) in [6.07, 6.45) is -2.17. The molecule has 242 valence electrons. The molecule has 3 aliphatic heterocycles. The number of benzene rings is 4. The summed E-state index contributed by atoms with van der Waals surface area (Å²) in [7, 11) is -2.37. The molecule has 7 nitrogen and oxygen atoms in total. The predicted molar refractivity (Wildman–Crippen MR) is 184 cm³/mol. The van der Waals surface area contributed by atoms with Crippen LogP contribution in [0, 0.1) is 0 Å². The van der Waals surface area contributed by atoms with Gasteiger partial charge in [-0.2, -0.15) is 0 Å². The van der Waals surface area contributed by atoms with Gasteiger partial charge in [-0.15, -0.1) is 0 Å². The van der Waals surface area contributed by atoms with Crippen molar-refractivity contribution in [2.75, 3.05) is 6.16 Å². The van der Waals surface area contributed by atoms with E-state index < -0.39 is 49.3 Å². The average Bonchev–Trinajstić information content (AvgIpc) is 3.52. The second kappa shape index (κ2) is 12.1. The van der Waals surface area contributed by atoms with Crippen LogP contribution in [0.4, 0.5) is 0 Å². The normalized spacial score (nSPS) is 25.5. The number of amides is 2. The minimum absolute atomic E-state index is 0.367. The summed E-state index contributed by atoms with van der Waals surface area (Å²) in [5.74, 6) is -1.75. The summed E-state index contributed by atoms with van der Waals surface area (Å²) in [4.78, 5) is 29.2. The summed E-state index contributed by atoms with van der Waals surface area (Å²) in [5, 5.41) is 3.64. The van der Waals surface area contributed by atoms with E-state index in [2.05, 4.69) is 72.8 Å². The van der Waals surface area contributed by atoms with E-state index in [0.717, 1.165) is 0 Å². The first-order chi connectivity index (χ1) is 22.5. The van der Waals surface area contributed by atoms with E-state index >= 15 is 0 Å². The molecule has 5 atom stereocenters. The van der Waals surface area contributed by atoms with Crippen molar-refractivity contribution in [3.8, 4) is 0 Å². The topological polar surface area (TPSA) is 74.3 Å². The predicted octanol–water partition coefficient (Wildman–Crippen LogP) is 5.71. The van der Waals surface area contributed by atoms with Crippen LogP contribution in [0.3, 0.4) is 0 Å². The maximum absolute atomic E-state index is 13.9. The van der Waals surface area contributed by atoms with Gasteiger partial charge in [0.15, 0.2) is 12.1 Å². The molecule has 0 bridgehead atoms. The van der Waals surface area contributed by atoms with Crippen LogP contribution in [-0.4, -0.2) is 64.9 Å². The molecule has 47 heavy (non-hydrogen) atoms. The van der Waals surface area contributed by atoms with Crippen molar-refractivity contribution < 1.29 is 28.5 Å². The quantitative estimate of drug-likeness (QED) is 0.189. The lowest BCUT2D eigenvalue weighted by Gasteiger charge is -2.47. The lowest BCUT2D eigenvalue weighted by molar-refractivity contribution is -0.277. The van der Waals surface area contributed by atoms with Crippen molar-refractivity contribution in [3.05, 3.63) is 126 Å². The lowest BCUT2D eigenvalue weighted by Crippen LogP contribution is -2.66. The number of imide groups is 1. The maximum Gasteiger partial charge on any atom is 0.262 e. The van der Waals surface area contributed by atoms with Gasteiger partial charge in [0.1, 0.15) is 53.7 Å². The van der Waals surface area contributed by atoms with Crippen LogP contribution in [0.1, 0.15) is 55.3 Å². The van der Waals surface area contributed by atoms with E-state index in [1.54, 1.807) is 24.3 Å². The number of rotatable bonds is 7. The Morgan fingerprint density at radius 3 is 1.55 bits per heavy atom. The molecule has 0 N–H and O–H groups in total. The van der Waals surface area contributed by atoms with Crippen LogP contribution >= 0.6 is 7.26 Å². The average molecular weight is 651 g/mol. The Balaban J connectivity index is 1.38. The highest BCUT2D eigenvalue weighted by molar-refractivity contribution is 7.95. The van der Waals surface area contributed by atoms with Crippen LogP contribution in [-0.2, 0) is 18.9 Å². The van der Waals surface area contributed by atoms with Crippen molar-refractivity contribution in [1.29, 1.82) is 0 Å². The zero-order chi connectivity index (χ0) is 33.0. The highest BCUT2D eigenvalue weighted by atomic mass is 31.2. The Bertz CT molecular complexity index is 1630. The fourth-order valence-electron chi connectivity index (χ4n) is 7.27. The molecule has 2 fully saturated rings. The van der Waals surface area contributed by atoms with Crippen LogP contribution in [0.5, 0.6) is 0 Å². The summed E-state index contributed by atoms with van der Waals surface area (Å²) in [6.45, 7) is 9.58. The van der Waals surface area contributed by atoms with Crippen molar-refractivity contribution >= 4 is 35.0 Å². The summed E-state index contributed by atoms with van der Waals surface area (Å²) in [5.41, 5.74) is 0.0791. The molecule has 0 saturated carbocycles. The molecule has 3 aliphatic rings. The van der Waals surface area contributed by atoms with E-state index in [1.165, 1.54) is 20.8 Å². The van der Waals surface area contributed by atoms with Gasteiger partial charge in [-0.25, -0.2) is 0 Å². The number of carbonyl (C=O) groups is 2. The molecular formula is C39H41NO6P+.